The summed E-state index contributed by atoms with van der Waals surface area (Å²) in [4.78, 5) is 27.1. The van der Waals surface area contributed by atoms with Crippen LogP contribution in [0.1, 0.15) is 26.3 Å². The van der Waals surface area contributed by atoms with Gasteiger partial charge in [-0.05, 0) is 54.1 Å². The normalized spacial score (nSPS) is 14.1. The monoisotopic (exact) mass is 415 g/mol. The summed E-state index contributed by atoms with van der Waals surface area (Å²) in [5.74, 6) is -0.378. The number of carbonyl (C=O) groups excluding carboxylic acids is 2. The lowest BCUT2D eigenvalue weighted by Gasteiger charge is -2.26. The van der Waals surface area contributed by atoms with E-state index in [-0.39, 0.29) is 11.8 Å². The Labute approximate surface area is 181 Å². The third-order valence-electron chi connectivity index (χ3n) is 5.16. The second kappa shape index (κ2) is 10.0. The zero-order valence-corrected chi connectivity index (χ0v) is 17.2. The maximum absolute atomic E-state index is 12.6. The molecule has 2 amide bonds. The SMILES string of the molecule is O=C(Nc1ccc(C(=O)Nc2ccc(CN3CCOCC3)cc2)cc1)c1ccccc1. The van der Waals surface area contributed by atoms with E-state index in [9.17, 15) is 9.59 Å². The molecular weight excluding hydrogens is 390 g/mol. The van der Waals surface area contributed by atoms with E-state index in [0.29, 0.717) is 16.8 Å². The van der Waals surface area contributed by atoms with Gasteiger partial charge in [-0.15, -0.1) is 0 Å². The number of hydrogen-bond donors (Lipinski definition) is 2. The first-order valence-electron chi connectivity index (χ1n) is 10.3. The topological polar surface area (TPSA) is 70.7 Å². The number of nitrogens with zero attached hydrogens (tertiary/aromatic N) is 1. The first-order valence-corrected chi connectivity index (χ1v) is 10.3. The summed E-state index contributed by atoms with van der Waals surface area (Å²) in [6.07, 6.45) is 0. The highest BCUT2D eigenvalue weighted by atomic mass is 16.5. The third-order valence-corrected chi connectivity index (χ3v) is 5.16. The molecule has 0 unspecified atom stereocenters. The largest absolute Gasteiger partial charge is 0.379 e. The summed E-state index contributed by atoms with van der Waals surface area (Å²) in [6.45, 7) is 4.33. The van der Waals surface area contributed by atoms with Crippen molar-refractivity contribution < 1.29 is 14.3 Å². The van der Waals surface area contributed by atoms with E-state index in [0.717, 1.165) is 38.5 Å². The molecule has 158 valence electrons. The highest BCUT2D eigenvalue weighted by molar-refractivity contribution is 6.06. The van der Waals surface area contributed by atoms with E-state index in [1.807, 2.05) is 42.5 Å². The summed E-state index contributed by atoms with van der Waals surface area (Å²) in [5.41, 5.74) is 3.70. The number of ether oxygens (including phenoxy) is 1. The van der Waals surface area contributed by atoms with Gasteiger partial charge < -0.3 is 15.4 Å². The maximum Gasteiger partial charge on any atom is 0.255 e. The van der Waals surface area contributed by atoms with Gasteiger partial charge in [0.15, 0.2) is 0 Å². The Morgan fingerprint density at radius 1 is 0.710 bits per heavy atom. The van der Waals surface area contributed by atoms with Gasteiger partial charge in [-0.25, -0.2) is 0 Å². The van der Waals surface area contributed by atoms with Gasteiger partial charge >= 0.3 is 0 Å². The molecule has 0 aliphatic carbocycles. The van der Waals surface area contributed by atoms with Crippen LogP contribution in [0.5, 0.6) is 0 Å². The highest BCUT2D eigenvalue weighted by Crippen LogP contribution is 2.16. The van der Waals surface area contributed by atoms with Crippen LogP contribution in [0.2, 0.25) is 0 Å². The van der Waals surface area contributed by atoms with Crippen LogP contribution in [0.3, 0.4) is 0 Å². The molecule has 1 heterocycles. The predicted molar refractivity (Wildman–Crippen MR) is 121 cm³/mol. The number of nitrogens with one attached hydrogen (secondary N) is 2. The summed E-state index contributed by atoms with van der Waals surface area (Å²) in [6, 6.07) is 23.8. The molecule has 31 heavy (non-hydrogen) atoms. The number of benzene rings is 3. The maximum atomic E-state index is 12.6. The molecule has 0 bridgehead atoms. The molecule has 1 fully saturated rings. The van der Waals surface area contributed by atoms with Gasteiger partial charge in [-0.3, -0.25) is 14.5 Å². The number of rotatable bonds is 6. The summed E-state index contributed by atoms with van der Waals surface area (Å²) >= 11 is 0. The molecule has 0 aromatic heterocycles. The van der Waals surface area contributed by atoms with Crippen LogP contribution in [0.15, 0.2) is 78.9 Å². The lowest BCUT2D eigenvalue weighted by Crippen LogP contribution is -2.35. The van der Waals surface area contributed by atoms with Crippen molar-refractivity contribution in [2.24, 2.45) is 0 Å². The average molecular weight is 415 g/mol. The molecule has 0 spiro atoms. The molecule has 3 aromatic carbocycles. The van der Waals surface area contributed by atoms with Crippen LogP contribution < -0.4 is 10.6 Å². The van der Waals surface area contributed by atoms with Gasteiger partial charge in [0.2, 0.25) is 0 Å². The molecule has 1 aliphatic rings. The van der Waals surface area contributed by atoms with Crippen LogP contribution >= 0.6 is 0 Å². The summed E-state index contributed by atoms with van der Waals surface area (Å²) in [5, 5.41) is 5.75. The number of anilines is 2. The lowest BCUT2D eigenvalue weighted by atomic mass is 10.1. The first kappa shape index (κ1) is 20.8. The number of carbonyl (C=O) groups is 2. The number of morpholine rings is 1. The fourth-order valence-corrected chi connectivity index (χ4v) is 3.41. The van der Waals surface area contributed by atoms with Crippen molar-refractivity contribution in [1.29, 1.82) is 0 Å². The van der Waals surface area contributed by atoms with Crippen LogP contribution in [-0.4, -0.2) is 43.0 Å². The number of hydrogen-bond acceptors (Lipinski definition) is 4. The smallest absolute Gasteiger partial charge is 0.255 e. The second-order valence-corrected chi connectivity index (χ2v) is 7.44. The van der Waals surface area contributed by atoms with Crippen molar-refractivity contribution in [3.05, 3.63) is 95.6 Å². The molecule has 6 nitrogen and oxygen atoms in total. The van der Waals surface area contributed by atoms with E-state index in [4.69, 9.17) is 4.74 Å². The van der Waals surface area contributed by atoms with Crippen LogP contribution in [0.4, 0.5) is 11.4 Å². The fraction of sp³-hybridized carbons (Fsp3) is 0.200. The second-order valence-electron chi connectivity index (χ2n) is 7.44. The van der Waals surface area contributed by atoms with Gasteiger partial charge in [0.1, 0.15) is 0 Å². The fourth-order valence-electron chi connectivity index (χ4n) is 3.41. The quantitative estimate of drug-likeness (QED) is 0.638. The zero-order valence-electron chi connectivity index (χ0n) is 17.2. The van der Waals surface area contributed by atoms with Crippen molar-refractivity contribution in [2.75, 3.05) is 36.9 Å². The Hall–Kier alpha value is -3.48. The van der Waals surface area contributed by atoms with Gasteiger partial charge in [-0.1, -0.05) is 30.3 Å². The van der Waals surface area contributed by atoms with Gasteiger partial charge in [0.25, 0.3) is 11.8 Å². The molecule has 3 aromatic rings. The molecule has 2 N–H and O–H groups in total. The third kappa shape index (κ3) is 5.78. The van der Waals surface area contributed by atoms with E-state index in [2.05, 4.69) is 15.5 Å². The predicted octanol–water partition coefficient (Wildman–Crippen LogP) is 4.02. The zero-order chi connectivity index (χ0) is 21.5. The molecule has 0 atom stereocenters. The van der Waals surface area contributed by atoms with Crippen molar-refractivity contribution in [3.8, 4) is 0 Å². The number of amides is 2. The van der Waals surface area contributed by atoms with Crippen molar-refractivity contribution in [3.63, 3.8) is 0 Å². The van der Waals surface area contributed by atoms with Gasteiger partial charge in [0, 0.05) is 42.1 Å². The van der Waals surface area contributed by atoms with Crippen molar-refractivity contribution in [1.82, 2.24) is 4.90 Å². The van der Waals surface area contributed by atoms with Crippen LogP contribution in [0, 0.1) is 0 Å². The van der Waals surface area contributed by atoms with Gasteiger partial charge in [0.05, 0.1) is 13.2 Å². The lowest BCUT2D eigenvalue weighted by molar-refractivity contribution is 0.0342. The molecule has 0 saturated carbocycles. The van der Waals surface area contributed by atoms with Gasteiger partial charge in [-0.2, -0.15) is 0 Å². The molecule has 0 radical (unpaired) electrons. The highest BCUT2D eigenvalue weighted by Gasteiger charge is 2.11. The Balaban J connectivity index is 1.31. The summed E-state index contributed by atoms with van der Waals surface area (Å²) < 4.78 is 5.38. The Morgan fingerprint density at radius 2 is 1.23 bits per heavy atom. The van der Waals surface area contributed by atoms with E-state index in [1.54, 1.807) is 36.4 Å². The molecule has 1 aliphatic heterocycles. The van der Waals surface area contributed by atoms with E-state index in [1.165, 1.54) is 5.56 Å². The van der Waals surface area contributed by atoms with E-state index < -0.39 is 0 Å². The van der Waals surface area contributed by atoms with Crippen molar-refractivity contribution in [2.45, 2.75) is 6.54 Å². The summed E-state index contributed by atoms with van der Waals surface area (Å²) in [7, 11) is 0. The standard InChI is InChI=1S/C25H25N3O3/c29-24(20-4-2-1-3-5-20)27-23-12-8-21(9-13-23)25(30)26-22-10-6-19(7-11-22)18-28-14-16-31-17-15-28/h1-13H,14-18H2,(H,26,30)(H,27,29). The van der Waals surface area contributed by atoms with Crippen LogP contribution in [0.25, 0.3) is 0 Å². The Kier molecular flexibility index (Phi) is 6.72. The minimum Gasteiger partial charge on any atom is -0.379 e. The van der Waals surface area contributed by atoms with Crippen LogP contribution in [-0.2, 0) is 11.3 Å². The van der Waals surface area contributed by atoms with Crippen molar-refractivity contribution >= 4 is 23.2 Å². The minimum atomic E-state index is -0.193. The Bertz CT molecular complexity index is 1010. The molecule has 6 heteroatoms. The molecule has 1 saturated heterocycles. The molecular formula is C25H25N3O3. The first-order chi connectivity index (χ1) is 15.2. The Morgan fingerprint density at radius 3 is 1.81 bits per heavy atom. The minimum absolute atomic E-state index is 0.185. The average Bonchev–Trinajstić information content (AvgIpc) is 2.82. The van der Waals surface area contributed by atoms with E-state index >= 15 is 0 Å². The molecule has 4 rings (SSSR count).